The summed E-state index contributed by atoms with van der Waals surface area (Å²) in [5.74, 6) is 1.40. The largest absolute Gasteiger partial charge is 0.454 e. The molecule has 1 amide bonds. The van der Waals surface area contributed by atoms with Crippen molar-refractivity contribution in [3.8, 4) is 11.5 Å². The van der Waals surface area contributed by atoms with Gasteiger partial charge in [-0.2, -0.15) is 0 Å². The fraction of sp³-hybridized carbons (Fsp3) is 0.125. The van der Waals surface area contributed by atoms with E-state index in [1.807, 2.05) is 0 Å². The minimum atomic E-state index is 0.250. The summed E-state index contributed by atoms with van der Waals surface area (Å²) in [7, 11) is 0. The third-order valence-electron chi connectivity index (χ3n) is 1.65. The molecule has 5 heteroatoms. The van der Waals surface area contributed by atoms with Gasteiger partial charge in [0.15, 0.2) is 11.5 Å². The van der Waals surface area contributed by atoms with Gasteiger partial charge in [-0.1, -0.05) is 0 Å². The van der Waals surface area contributed by atoms with Crippen molar-refractivity contribution in [3.63, 3.8) is 0 Å². The first-order chi connectivity index (χ1) is 6.40. The number of ether oxygens (including phenoxy) is 2. The predicted molar refractivity (Wildman–Crippen MR) is 45.4 cm³/mol. The third-order valence-corrected chi connectivity index (χ3v) is 1.65. The van der Waals surface area contributed by atoms with Crippen LogP contribution in [0.3, 0.4) is 0 Å². The van der Waals surface area contributed by atoms with Crippen LogP contribution >= 0.6 is 0 Å². The second-order valence-corrected chi connectivity index (χ2v) is 2.46. The Kier molecular flexibility index (Phi) is 1.91. The van der Waals surface area contributed by atoms with Crippen molar-refractivity contribution in [1.82, 2.24) is 5.43 Å². The zero-order chi connectivity index (χ0) is 9.10. The molecule has 0 saturated heterocycles. The van der Waals surface area contributed by atoms with E-state index in [0.717, 1.165) is 11.4 Å². The standard InChI is InChI=1S/C8H8N2O3/c11-4-9-10-6-1-2-7-8(3-6)13-5-12-7/h1-4,10H,5H2,(H,9,11). The number of amides is 1. The molecule has 0 radical (unpaired) electrons. The lowest BCUT2D eigenvalue weighted by atomic mass is 10.3. The van der Waals surface area contributed by atoms with E-state index in [1.54, 1.807) is 18.2 Å². The van der Waals surface area contributed by atoms with Crippen LogP contribution in [0, 0.1) is 0 Å². The summed E-state index contributed by atoms with van der Waals surface area (Å²) in [6.45, 7) is 0.250. The zero-order valence-corrected chi connectivity index (χ0v) is 6.74. The fourth-order valence-corrected chi connectivity index (χ4v) is 1.09. The summed E-state index contributed by atoms with van der Waals surface area (Å²) in [6, 6.07) is 5.31. The number of carbonyl (C=O) groups is 1. The molecule has 5 nitrogen and oxygen atoms in total. The quantitative estimate of drug-likeness (QED) is 0.525. The molecule has 1 aliphatic heterocycles. The van der Waals surface area contributed by atoms with E-state index in [9.17, 15) is 4.79 Å². The van der Waals surface area contributed by atoms with Gasteiger partial charge >= 0.3 is 0 Å². The molecule has 0 spiro atoms. The van der Waals surface area contributed by atoms with Gasteiger partial charge in [0.05, 0.1) is 5.69 Å². The Bertz CT molecular complexity index is 327. The zero-order valence-electron chi connectivity index (χ0n) is 6.74. The Labute approximate surface area is 74.6 Å². The van der Waals surface area contributed by atoms with Crippen molar-refractivity contribution in [2.45, 2.75) is 0 Å². The summed E-state index contributed by atoms with van der Waals surface area (Å²) in [6.07, 6.45) is 0.560. The summed E-state index contributed by atoms with van der Waals surface area (Å²) in [5, 5.41) is 0. The van der Waals surface area contributed by atoms with E-state index in [-0.39, 0.29) is 6.79 Å². The van der Waals surface area contributed by atoms with Crippen molar-refractivity contribution in [2.24, 2.45) is 0 Å². The maximum absolute atomic E-state index is 9.98. The van der Waals surface area contributed by atoms with Crippen LogP contribution in [0.15, 0.2) is 18.2 Å². The van der Waals surface area contributed by atoms with Gasteiger partial charge in [0, 0.05) is 6.07 Å². The molecule has 2 rings (SSSR count). The first kappa shape index (κ1) is 7.72. The minimum Gasteiger partial charge on any atom is -0.454 e. The summed E-state index contributed by atoms with van der Waals surface area (Å²) < 4.78 is 10.3. The summed E-state index contributed by atoms with van der Waals surface area (Å²) in [4.78, 5) is 9.98. The van der Waals surface area contributed by atoms with Crippen LogP contribution in [-0.2, 0) is 4.79 Å². The Morgan fingerprint density at radius 2 is 2.15 bits per heavy atom. The molecule has 0 unspecified atom stereocenters. The first-order valence-electron chi connectivity index (χ1n) is 3.75. The molecule has 1 heterocycles. The van der Waals surface area contributed by atoms with E-state index >= 15 is 0 Å². The van der Waals surface area contributed by atoms with Gasteiger partial charge in [-0.25, -0.2) is 0 Å². The molecular weight excluding hydrogens is 172 g/mol. The second kappa shape index (κ2) is 3.22. The Morgan fingerprint density at radius 3 is 3.00 bits per heavy atom. The average Bonchev–Trinajstić information content (AvgIpc) is 2.61. The molecule has 68 valence electrons. The lowest BCUT2D eigenvalue weighted by molar-refractivity contribution is -0.109. The Hall–Kier alpha value is -1.91. The molecule has 1 aromatic rings. The number of carbonyl (C=O) groups excluding carboxylic acids is 1. The van der Waals surface area contributed by atoms with Gasteiger partial charge in [-0.3, -0.25) is 15.6 Å². The molecular formula is C8H8N2O3. The highest BCUT2D eigenvalue weighted by Gasteiger charge is 2.12. The van der Waals surface area contributed by atoms with Gasteiger partial charge in [-0.05, 0) is 12.1 Å². The van der Waals surface area contributed by atoms with Gasteiger partial charge < -0.3 is 9.47 Å². The van der Waals surface area contributed by atoms with Crippen LogP contribution in [0.4, 0.5) is 5.69 Å². The highest BCUT2D eigenvalue weighted by atomic mass is 16.7. The normalized spacial score (nSPS) is 12.3. The van der Waals surface area contributed by atoms with E-state index in [1.165, 1.54) is 0 Å². The second-order valence-electron chi connectivity index (χ2n) is 2.46. The molecule has 1 aromatic carbocycles. The highest BCUT2D eigenvalue weighted by Crippen LogP contribution is 2.33. The highest BCUT2D eigenvalue weighted by molar-refractivity contribution is 5.58. The van der Waals surface area contributed by atoms with Crippen molar-refractivity contribution in [1.29, 1.82) is 0 Å². The third kappa shape index (κ3) is 1.48. The summed E-state index contributed by atoms with van der Waals surface area (Å²) in [5.41, 5.74) is 5.75. The average molecular weight is 180 g/mol. The fourth-order valence-electron chi connectivity index (χ4n) is 1.09. The molecule has 0 bridgehead atoms. The van der Waals surface area contributed by atoms with Crippen molar-refractivity contribution in [2.75, 3.05) is 12.2 Å². The number of nitrogens with one attached hydrogen (secondary N) is 2. The minimum absolute atomic E-state index is 0.250. The van der Waals surface area contributed by atoms with Gasteiger partial charge in [0.2, 0.25) is 13.2 Å². The van der Waals surface area contributed by atoms with E-state index < -0.39 is 0 Å². The van der Waals surface area contributed by atoms with Crippen LogP contribution < -0.4 is 20.3 Å². The number of benzene rings is 1. The van der Waals surface area contributed by atoms with Crippen molar-refractivity contribution < 1.29 is 14.3 Å². The van der Waals surface area contributed by atoms with E-state index in [0.29, 0.717) is 12.2 Å². The smallest absolute Gasteiger partial charge is 0.231 e. The molecule has 0 atom stereocenters. The SMILES string of the molecule is O=CNNc1ccc2c(c1)OCO2. The van der Waals surface area contributed by atoms with Crippen LogP contribution in [0.25, 0.3) is 0 Å². The molecule has 13 heavy (non-hydrogen) atoms. The van der Waals surface area contributed by atoms with E-state index in [2.05, 4.69) is 10.9 Å². The maximum atomic E-state index is 9.98. The number of rotatable bonds is 3. The van der Waals surface area contributed by atoms with Crippen molar-refractivity contribution >= 4 is 12.1 Å². The van der Waals surface area contributed by atoms with Crippen molar-refractivity contribution in [3.05, 3.63) is 18.2 Å². The number of hydrazine groups is 1. The number of hydrogen-bond donors (Lipinski definition) is 2. The number of fused-ring (bicyclic) bond motifs is 1. The van der Waals surface area contributed by atoms with Gasteiger partial charge in [-0.15, -0.1) is 0 Å². The van der Waals surface area contributed by atoms with Crippen LogP contribution in [-0.4, -0.2) is 13.2 Å². The van der Waals surface area contributed by atoms with E-state index in [4.69, 9.17) is 9.47 Å². The monoisotopic (exact) mass is 180 g/mol. The van der Waals surface area contributed by atoms with Gasteiger partial charge in [0.25, 0.3) is 0 Å². The van der Waals surface area contributed by atoms with Gasteiger partial charge in [0.1, 0.15) is 0 Å². The topological polar surface area (TPSA) is 59.6 Å². The lowest BCUT2D eigenvalue weighted by Crippen LogP contribution is -2.18. The lowest BCUT2D eigenvalue weighted by Gasteiger charge is -2.03. The maximum Gasteiger partial charge on any atom is 0.231 e. The number of hydrogen-bond acceptors (Lipinski definition) is 4. The molecule has 2 N–H and O–H groups in total. The molecule has 0 fully saturated rings. The Balaban J connectivity index is 2.16. The molecule has 1 aliphatic rings. The molecule has 0 aliphatic carbocycles. The summed E-state index contributed by atoms with van der Waals surface area (Å²) >= 11 is 0. The molecule has 0 saturated carbocycles. The van der Waals surface area contributed by atoms with Crippen LogP contribution in [0.5, 0.6) is 11.5 Å². The Morgan fingerprint density at radius 1 is 1.31 bits per heavy atom. The first-order valence-corrected chi connectivity index (χ1v) is 3.75. The van der Waals surface area contributed by atoms with Crippen LogP contribution in [0.2, 0.25) is 0 Å². The number of anilines is 1. The predicted octanol–water partition coefficient (Wildman–Crippen LogP) is 0.488. The molecule has 0 aromatic heterocycles. The van der Waals surface area contributed by atoms with Crippen LogP contribution in [0.1, 0.15) is 0 Å².